The fraction of sp³-hybridized carbons (Fsp3) is 0.185. The van der Waals surface area contributed by atoms with Crippen molar-refractivity contribution in [2.75, 3.05) is 32.1 Å². The van der Waals surface area contributed by atoms with Crippen molar-refractivity contribution < 1.29 is 24.2 Å². The number of amides is 1. The van der Waals surface area contributed by atoms with Gasteiger partial charge in [-0.05, 0) is 41.0 Å². The Bertz CT molecular complexity index is 1210. The number of esters is 1. The SMILES string of the molecule is COC(=O)C1=C(Nc2cccc(-c3cccc(OCc4ccccc4)c3)c2)C(=O)N(CCO)C1. The molecular formula is C27H26N2O5. The molecule has 174 valence electrons. The fourth-order valence-corrected chi connectivity index (χ4v) is 3.78. The molecule has 0 unspecified atom stereocenters. The molecule has 0 aromatic heterocycles. The van der Waals surface area contributed by atoms with Crippen LogP contribution >= 0.6 is 0 Å². The lowest BCUT2D eigenvalue weighted by Crippen LogP contribution is -2.31. The minimum atomic E-state index is -0.573. The quantitative estimate of drug-likeness (QED) is 0.477. The number of anilines is 1. The summed E-state index contributed by atoms with van der Waals surface area (Å²) in [6.45, 7) is 0.518. The lowest BCUT2D eigenvalue weighted by molar-refractivity contribution is -0.136. The maximum atomic E-state index is 12.8. The van der Waals surface area contributed by atoms with Gasteiger partial charge < -0.3 is 24.8 Å². The molecule has 0 fully saturated rings. The van der Waals surface area contributed by atoms with E-state index in [-0.39, 0.29) is 36.9 Å². The zero-order chi connectivity index (χ0) is 23.9. The van der Waals surface area contributed by atoms with E-state index in [1.807, 2.05) is 78.9 Å². The minimum Gasteiger partial charge on any atom is -0.489 e. The molecule has 7 heteroatoms. The third-order valence-corrected chi connectivity index (χ3v) is 5.50. The second-order valence-corrected chi connectivity index (χ2v) is 7.80. The van der Waals surface area contributed by atoms with Crippen LogP contribution in [0.2, 0.25) is 0 Å². The molecule has 0 aliphatic carbocycles. The number of rotatable bonds is 9. The predicted molar refractivity (Wildman–Crippen MR) is 129 cm³/mol. The van der Waals surface area contributed by atoms with Gasteiger partial charge in [-0.3, -0.25) is 4.79 Å². The molecule has 3 aromatic rings. The summed E-state index contributed by atoms with van der Waals surface area (Å²) in [6.07, 6.45) is 0. The van der Waals surface area contributed by atoms with Crippen molar-refractivity contribution in [2.24, 2.45) is 0 Å². The number of β-amino-alcohol motifs (C(OH)–C–C–N with tert-alkyl or cyclic N) is 1. The van der Waals surface area contributed by atoms with E-state index >= 15 is 0 Å². The van der Waals surface area contributed by atoms with E-state index in [4.69, 9.17) is 9.47 Å². The molecule has 1 aliphatic rings. The van der Waals surface area contributed by atoms with E-state index in [2.05, 4.69) is 5.32 Å². The number of hydrogen-bond acceptors (Lipinski definition) is 6. The van der Waals surface area contributed by atoms with Crippen molar-refractivity contribution >= 4 is 17.6 Å². The highest BCUT2D eigenvalue weighted by atomic mass is 16.5. The molecule has 0 saturated carbocycles. The molecule has 2 N–H and O–H groups in total. The fourth-order valence-electron chi connectivity index (χ4n) is 3.78. The summed E-state index contributed by atoms with van der Waals surface area (Å²) in [7, 11) is 1.28. The first kappa shape index (κ1) is 23.1. The lowest BCUT2D eigenvalue weighted by Gasteiger charge is -2.15. The van der Waals surface area contributed by atoms with Crippen LogP contribution in [0, 0.1) is 0 Å². The summed E-state index contributed by atoms with van der Waals surface area (Å²) < 4.78 is 10.8. The van der Waals surface area contributed by atoms with Gasteiger partial charge in [0.1, 0.15) is 18.1 Å². The maximum absolute atomic E-state index is 12.8. The van der Waals surface area contributed by atoms with Gasteiger partial charge >= 0.3 is 5.97 Å². The smallest absolute Gasteiger partial charge is 0.337 e. The van der Waals surface area contributed by atoms with Gasteiger partial charge in [0.2, 0.25) is 0 Å². The number of nitrogens with one attached hydrogen (secondary N) is 1. The molecule has 1 aliphatic heterocycles. The average Bonchev–Trinajstić information content (AvgIpc) is 3.18. The van der Waals surface area contributed by atoms with Crippen molar-refractivity contribution in [1.29, 1.82) is 0 Å². The van der Waals surface area contributed by atoms with Crippen LogP contribution in [0.4, 0.5) is 5.69 Å². The summed E-state index contributed by atoms with van der Waals surface area (Å²) in [6, 6.07) is 25.3. The van der Waals surface area contributed by atoms with Crippen molar-refractivity contribution in [1.82, 2.24) is 4.90 Å². The summed E-state index contributed by atoms with van der Waals surface area (Å²) in [5, 5.41) is 12.3. The van der Waals surface area contributed by atoms with E-state index < -0.39 is 5.97 Å². The average molecular weight is 459 g/mol. The molecule has 1 heterocycles. The Labute approximate surface area is 198 Å². The van der Waals surface area contributed by atoms with Gasteiger partial charge in [0.15, 0.2) is 0 Å². The highest BCUT2D eigenvalue weighted by Gasteiger charge is 2.34. The normalized spacial score (nSPS) is 13.2. The zero-order valence-electron chi connectivity index (χ0n) is 18.9. The Balaban J connectivity index is 1.54. The van der Waals surface area contributed by atoms with Crippen LogP contribution < -0.4 is 10.1 Å². The van der Waals surface area contributed by atoms with Crippen LogP contribution in [0.3, 0.4) is 0 Å². The summed E-state index contributed by atoms with van der Waals surface area (Å²) in [5.41, 5.74) is 4.03. The van der Waals surface area contributed by atoms with Crippen LogP contribution in [0.1, 0.15) is 5.56 Å². The number of hydrogen-bond donors (Lipinski definition) is 2. The van der Waals surface area contributed by atoms with Crippen LogP contribution in [0.5, 0.6) is 5.75 Å². The number of nitrogens with zero attached hydrogens (tertiary/aromatic N) is 1. The van der Waals surface area contributed by atoms with Crippen LogP contribution in [-0.4, -0.2) is 48.7 Å². The maximum Gasteiger partial charge on any atom is 0.337 e. The van der Waals surface area contributed by atoms with Gasteiger partial charge in [0.05, 0.1) is 25.8 Å². The van der Waals surface area contributed by atoms with Crippen LogP contribution in [0.25, 0.3) is 11.1 Å². The number of carbonyl (C=O) groups is 2. The van der Waals surface area contributed by atoms with Crippen molar-refractivity contribution in [3.63, 3.8) is 0 Å². The van der Waals surface area contributed by atoms with Gasteiger partial charge in [-0.1, -0.05) is 54.6 Å². The highest BCUT2D eigenvalue weighted by Crippen LogP contribution is 2.28. The van der Waals surface area contributed by atoms with E-state index in [0.29, 0.717) is 12.3 Å². The molecule has 0 saturated heterocycles. The number of benzene rings is 3. The van der Waals surface area contributed by atoms with Gasteiger partial charge in [0, 0.05) is 12.2 Å². The predicted octanol–water partition coefficient (Wildman–Crippen LogP) is 3.61. The molecule has 3 aromatic carbocycles. The second kappa shape index (κ2) is 10.7. The van der Waals surface area contributed by atoms with E-state index in [1.165, 1.54) is 12.0 Å². The molecule has 0 bridgehead atoms. The number of aliphatic hydroxyl groups is 1. The Morgan fingerprint density at radius 2 is 1.74 bits per heavy atom. The minimum absolute atomic E-state index is 0.0922. The lowest BCUT2D eigenvalue weighted by atomic mass is 10.0. The van der Waals surface area contributed by atoms with E-state index in [1.54, 1.807) is 0 Å². The summed E-state index contributed by atoms with van der Waals surface area (Å²) in [4.78, 5) is 26.4. The van der Waals surface area contributed by atoms with E-state index in [0.717, 1.165) is 22.4 Å². The molecule has 7 nitrogen and oxygen atoms in total. The standard InChI is InChI=1S/C27H26N2O5/c1-33-27(32)24-17-29(13-14-30)26(31)25(24)28-22-11-5-9-20(15-22)21-10-6-12-23(16-21)34-18-19-7-3-2-4-8-19/h2-12,15-16,28,30H,13-14,17-18H2,1H3. The molecule has 34 heavy (non-hydrogen) atoms. The number of carbonyl (C=O) groups excluding carboxylic acids is 2. The Morgan fingerprint density at radius 3 is 2.47 bits per heavy atom. The molecule has 1 amide bonds. The Kier molecular flexibility index (Phi) is 7.25. The first-order chi connectivity index (χ1) is 16.6. The Morgan fingerprint density at radius 1 is 1.00 bits per heavy atom. The van der Waals surface area contributed by atoms with Gasteiger partial charge in [0.25, 0.3) is 5.91 Å². The van der Waals surface area contributed by atoms with Gasteiger partial charge in [-0.2, -0.15) is 0 Å². The number of methoxy groups -OCH3 is 1. The van der Waals surface area contributed by atoms with Gasteiger partial charge in [-0.15, -0.1) is 0 Å². The van der Waals surface area contributed by atoms with Crippen molar-refractivity contribution in [3.05, 3.63) is 95.7 Å². The highest BCUT2D eigenvalue weighted by molar-refractivity contribution is 6.08. The third-order valence-electron chi connectivity index (χ3n) is 5.50. The molecule has 0 radical (unpaired) electrons. The first-order valence-corrected chi connectivity index (χ1v) is 10.9. The van der Waals surface area contributed by atoms with Crippen LogP contribution in [0.15, 0.2) is 90.1 Å². The monoisotopic (exact) mass is 458 g/mol. The molecule has 0 spiro atoms. The van der Waals surface area contributed by atoms with E-state index in [9.17, 15) is 14.7 Å². The topological polar surface area (TPSA) is 88.1 Å². The second-order valence-electron chi connectivity index (χ2n) is 7.80. The van der Waals surface area contributed by atoms with Crippen molar-refractivity contribution in [3.8, 4) is 16.9 Å². The van der Waals surface area contributed by atoms with Crippen LogP contribution in [-0.2, 0) is 20.9 Å². The number of aliphatic hydroxyl groups excluding tert-OH is 1. The molecular weight excluding hydrogens is 432 g/mol. The molecule has 0 atom stereocenters. The molecule has 4 rings (SSSR count). The summed E-state index contributed by atoms with van der Waals surface area (Å²) in [5.74, 6) is -0.173. The third kappa shape index (κ3) is 5.27. The number of ether oxygens (including phenoxy) is 2. The van der Waals surface area contributed by atoms with Crippen molar-refractivity contribution in [2.45, 2.75) is 6.61 Å². The largest absolute Gasteiger partial charge is 0.489 e. The summed E-state index contributed by atoms with van der Waals surface area (Å²) >= 11 is 0. The first-order valence-electron chi connectivity index (χ1n) is 10.9. The Hall–Kier alpha value is -4.10. The van der Waals surface area contributed by atoms with Gasteiger partial charge in [-0.25, -0.2) is 4.79 Å². The zero-order valence-corrected chi connectivity index (χ0v) is 18.9.